The number of likely N-dealkylation sites (tertiary alicyclic amines) is 2. The minimum Gasteiger partial charge on any atom is -0.331 e. The summed E-state index contributed by atoms with van der Waals surface area (Å²) in [5, 5.41) is 1.89. The maximum absolute atomic E-state index is 14.8. The highest BCUT2D eigenvalue weighted by atomic mass is 19.4. The van der Waals surface area contributed by atoms with Gasteiger partial charge in [-0.05, 0) is 49.3 Å². The normalized spacial score (nSPS) is 28.2. The summed E-state index contributed by atoms with van der Waals surface area (Å²) in [6.45, 7) is -7.65. The van der Waals surface area contributed by atoms with E-state index in [0.717, 1.165) is 16.7 Å². The van der Waals surface area contributed by atoms with E-state index in [2.05, 4.69) is 9.97 Å². The molecule has 3 amide bonds. The van der Waals surface area contributed by atoms with Crippen LogP contribution in [0.2, 0.25) is 0 Å². The van der Waals surface area contributed by atoms with Crippen molar-refractivity contribution in [3.8, 4) is 0 Å². The molecule has 2 fully saturated rings. The number of fused-ring (bicyclic) bond motifs is 1. The number of hydrogen-bond donors (Lipinski definition) is 2. The zero-order valence-corrected chi connectivity index (χ0v) is 20.4. The van der Waals surface area contributed by atoms with Gasteiger partial charge in [-0.15, -0.1) is 0 Å². The molecule has 2 aliphatic heterocycles. The van der Waals surface area contributed by atoms with E-state index in [-0.39, 0.29) is 11.2 Å². The van der Waals surface area contributed by atoms with Crippen LogP contribution in [-0.4, -0.2) is 74.6 Å². The second kappa shape index (κ2) is 10.9. The SMILES string of the molecule is [2H]C1([2H])CN(C(=O)N[C@H]2C(=O)N(C([2H])([2H])C(F)(F)F)C[C@H](c3cccc(F)c3F)CC2([2H])[2H])CC([2H])([2H])C1n1c(=O)[nH]c2ncccc21. The Labute approximate surface area is 236 Å². The first-order valence-corrected chi connectivity index (χ1v) is 11.9. The number of halogens is 5. The molecule has 14 heteroatoms. The number of nitrogens with one attached hydrogen (secondary N) is 2. The van der Waals surface area contributed by atoms with Crippen LogP contribution < -0.4 is 11.0 Å². The van der Waals surface area contributed by atoms with Crippen LogP contribution in [0.4, 0.5) is 26.7 Å². The molecule has 0 bridgehead atoms. The number of imidazole rings is 1. The minimum atomic E-state index is -5.76. The molecule has 2 N–H and O–H groups in total. The van der Waals surface area contributed by atoms with Crippen LogP contribution >= 0.6 is 0 Å². The molecule has 9 nitrogen and oxygen atoms in total. The predicted octanol–water partition coefficient (Wildman–Crippen LogP) is 3.69. The molecule has 2 saturated heterocycles. The van der Waals surface area contributed by atoms with Crippen molar-refractivity contribution >= 4 is 23.1 Å². The van der Waals surface area contributed by atoms with E-state index < -0.39 is 116 Å². The number of carbonyl (C=O) groups is 2. The van der Waals surface area contributed by atoms with Gasteiger partial charge in [0.25, 0.3) is 0 Å². The molecule has 5 rings (SSSR count). The Morgan fingerprint density at radius 2 is 1.90 bits per heavy atom. The lowest BCUT2D eigenvalue weighted by molar-refractivity contribution is -0.162. The number of hydrogen-bond acceptors (Lipinski definition) is 4. The first-order chi connectivity index (χ1) is 22.0. The van der Waals surface area contributed by atoms with Crippen LogP contribution in [0, 0.1) is 11.6 Å². The van der Waals surface area contributed by atoms with Gasteiger partial charge in [0.15, 0.2) is 17.3 Å². The molecule has 2 atom stereocenters. The smallest absolute Gasteiger partial charge is 0.331 e. The maximum Gasteiger partial charge on any atom is 0.406 e. The van der Waals surface area contributed by atoms with Crippen molar-refractivity contribution < 1.29 is 42.5 Å². The van der Waals surface area contributed by atoms with Crippen molar-refractivity contribution in [2.75, 3.05) is 26.1 Å². The van der Waals surface area contributed by atoms with Gasteiger partial charge in [-0.2, -0.15) is 13.2 Å². The Kier molecular flexibility index (Phi) is 5.22. The highest BCUT2D eigenvalue weighted by Gasteiger charge is 2.40. The Bertz CT molecular complexity index is 1800. The summed E-state index contributed by atoms with van der Waals surface area (Å²) in [5.41, 5.74) is -1.46. The number of benzene rings is 1. The van der Waals surface area contributed by atoms with Crippen molar-refractivity contribution in [2.45, 2.75) is 49.7 Å². The second-order valence-electron chi connectivity index (χ2n) is 9.03. The number of rotatable bonds is 4. The lowest BCUT2D eigenvalue weighted by atomic mass is 9.93. The van der Waals surface area contributed by atoms with Gasteiger partial charge in [-0.1, -0.05) is 12.1 Å². The van der Waals surface area contributed by atoms with Crippen molar-refractivity contribution in [3.63, 3.8) is 0 Å². The second-order valence-corrected chi connectivity index (χ2v) is 9.03. The number of nitrogens with zero attached hydrogens (tertiary/aromatic N) is 4. The largest absolute Gasteiger partial charge is 0.406 e. The molecule has 0 radical (unpaired) electrons. The molecule has 0 saturated carbocycles. The van der Waals surface area contributed by atoms with Crippen LogP contribution in [0.3, 0.4) is 0 Å². The molecule has 0 spiro atoms. The number of carbonyl (C=O) groups excluding carboxylic acids is 2. The van der Waals surface area contributed by atoms with Crippen molar-refractivity contribution in [1.29, 1.82) is 0 Å². The molecule has 2 aromatic heterocycles. The van der Waals surface area contributed by atoms with Crippen LogP contribution in [0.5, 0.6) is 0 Å². The highest BCUT2D eigenvalue weighted by Crippen LogP contribution is 2.32. The number of aromatic nitrogens is 3. The molecule has 0 aliphatic carbocycles. The van der Waals surface area contributed by atoms with E-state index in [1.54, 1.807) is 0 Å². The van der Waals surface area contributed by atoms with Crippen LogP contribution in [0.1, 0.15) is 54.0 Å². The molecule has 40 heavy (non-hydrogen) atoms. The summed E-state index contributed by atoms with van der Waals surface area (Å²) in [6, 6.07) is -0.494. The molecule has 1 aromatic carbocycles. The Hall–Kier alpha value is -3.97. The van der Waals surface area contributed by atoms with Crippen molar-refractivity contribution in [1.82, 2.24) is 29.7 Å². The fraction of sp³-hybridized carbons (Fsp3) is 0.462. The number of aromatic amines is 1. The molecule has 214 valence electrons. The minimum absolute atomic E-state index is 0.0306. The Morgan fingerprint density at radius 3 is 2.62 bits per heavy atom. The van der Waals surface area contributed by atoms with Gasteiger partial charge in [0, 0.05) is 46.0 Å². The van der Waals surface area contributed by atoms with Gasteiger partial charge in [0.05, 0.1) is 8.26 Å². The first-order valence-electron chi connectivity index (χ1n) is 15.9. The van der Waals surface area contributed by atoms with E-state index in [9.17, 15) is 36.3 Å². The summed E-state index contributed by atoms with van der Waals surface area (Å²) in [5.74, 6) is -6.63. The summed E-state index contributed by atoms with van der Waals surface area (Å²) in [6.07, 6.45) is -13.9. The number of pyridine rings is 1. The van der Waals surface area contributed by atoms with E-state index in [1.807, 2.05) is 5.32 Å². The number of urea groups is 1. The summed E-state index contributed by atoms with van der Waals surface area (Å²) in [7, 11) is 0. The average molecular weight is 575 g/mol. The lowest BCUT2D eigenvalue weighted by Crippen LogP contribution is -2.54. The monoisotopic (exact) mass is 574 g/mol. The molecular weight excluding hydrogens is 539 g/mol. The zero-order chi connectivity index (χ0) is 35.8. The maximum atomic E-state index is 14.8. The third kappa shape index (κ3) is 5.65. The average Bonchev–Trinajstić information content (AvgIpc) is 3.22. The van der Waals surface area contributed by atoms with Crippen molar-refractivity contribution in [3.05, 3.63) is 64.2 Å². The van der Waals surface area contributed by atoms with E-state index in [4.69, 9.17) is 11.0 Å². The Balaban J connectivity index is 1.49. The first kappa shape index (κ1) is 19.2. The standard InChI is InChI=1S/C26H27F5N6O3/c27-18-4-1-3-17(21(18)28)15-6-7-19(23(38)36(13-15)14-26(29,30)31)33-24(39)35-11-8-16(9-12-35)37-20-5-2-10-32-22(20)34-25(37)40/h1-5,10,15-16,19H,6-9,11-14H2,(H,33,39)(H,32,34,40)/t15-,19-/m1/s1/i7D2,8D2,9D2,14D2. The highest BCUT2D eigenvalue weighted by molar-refractivity contribution is 5.87. The van der Waals surface area contributed by atoms with E-state index in [1.165, 1.54) is 18.3 Å². The van der Waals surface area contributed by atoms with Gasteiger partial charge in [-0.3, -0.25) is 14.3 Å². The molecule has 0 unspecified atom stereocenters. The van der Waals surface area contributed by atoms with Crippen molar-refractivity contribution in [2.24, 2.45) is 0 Å². The third-order valence-corrected chi connectivity index (χ3v) is 6.42. The number of alkyl halides is 3. The van der Waals surface area contributed by atoms with Gasteiger partial charge in [0.2, 0.25) is 5.91 Å². The van der Waals surface area contributed by atoms with Gasteiger partial charge in [-0.25, -0.2) is 23.4 Å². The molecule has 3 aromatic rings. The van der Waals surface area contributed by atoms with Crippen LogP contribution in [0.15, 0.2) is 41.3 Å². The van der Waals surface area contributed by atoms with Gasteiger partial charge < -0.3 is 15.1 Å². The molecule has 2 aliphatic rings. The van der Waals surface area contributed by atoms with Crippen LogP contribution in [-0.2, 0) is 4.79 Å². The number of amides is 3. The van der Waals surface area contributed by atoms with Gasteiger partial charge in [0.1, 0.15) is 12.5 Å². The number of H-pyrrole nitrogens is 1. The summed E-state index contributed by atoms with van der Waals surface area (Å²) < 4.78 is 139. The van der Waals surface area contributed by atoms with Gasteiger partial charge >= 0.3 is 17.9 Å². The zero-order valence-electron chi connectivity index (χ0n) is 28.4. The summed E-state index contributed by atoms with van der Waals surface area (Å²) in [4.78, 5) is 46.3. The lowest BCUT2D eigenvalue weighted by Gasteiger charge is -2.34. The quantitative estimate of drug-likeness (QED) is 0.464. The topological polar surface area (TPSA) is 103 Å². The van der Waals surface area contributed by atoms with E-state index in [0.29, 0.717) is 11.0 Å². The van der Waals surface area contributed by atoms with Crippen LogP contribution in [0.25, 0.3) is 11.2 Å². The predicted molar refractivity (Wildman–Crippen MR) is 133 cm³/mol. The third-order valence-electron chi connectivity index (χ3n) is 6.42. The number of piperidine rings is 1. The Morgan fingerprint density at radius 1 is 1.15 bits per heavy atom. The summed E-state index contributed by atoms with van der Waals surface area (Å²) >= 11 is 0. The molecule has 4 heterocycles. The fourth-order valence-electron chi connectivity index (χ4n) is 4.57. The van der Waals surface area contributed by atoms with E-state index >= 15 is 0 Å². The fourth-order valence-corrected chi connectivity index (χ4v) is 4.57. The molecular formula is C26H27F5N6O3.